The molecule has 40 heavy (non-hydrogen) atoms. The van der Waals surface area contributed by atoms with Crippen LogP contribution in [0.25, 0.3) is 33.4 Å². The summed E-state index contributed by atoms with van der Waals surface area (Å²) in [7, 11) is 0. The summed E-state index contributed by atoms with van der Waals surface area (Å²) in [5, 5.41) is 20.1. The van der Waals surface area contributed by atoms with Gasteiger partial charge in [0.15, 0.2) is 0 Å². The first-order valence-corrected chi connectivity index (χ1v) is 13.2. The number of aromatic carboxylic acids is 1. The van der Waals surface area contributed by atoms with E-state index < -0.39 is 11.9 Å². The summed E-state index contributed by atoms with van der Waals surface area (Å²) in [5.74, 6) is -1.12. The molecule has 0 unspecified atom stereocenters. The molecule has 0 fully saturated rings. The van der Waals surface area contributed by atoms with E-state index in [0.717, 1.165) is 46.4 Å². The predicted molar refractivity (Wildman–Crippen MR) is 161 cm³/mol. The molecule has 8 heteroatoms. The Labute approximate surface area is 240 Å². The number of hydrogen-bond donors (Lipinski definition) is 2. The third-order valence-corrected chi connectivity index (χ3v) is 7.10. The van der Waals surface area contributed by atoms with Gasteiger partial charge in [-0.2, -0.15) is 0 Å². The fourth-order valence-corrected chi connectivity index (χ4v) is 5.20. The van der Waals surface area contributed by atoms with Crippen molar-refractivity contribution in [2.45, 2.75) is 47.5 Å². The number of ether oxygens (including phenoxy) is 1. The van der Waals surface area contributed by atoms with Gasteiger partial charge in [0.2, 0.25) is 0 Å². The van der Waals surface area contributed by atoms with E-state index in [2.05, 4.69) is 25.3 Å². The summed E-state index contributed by atoms with van der Waals surface area (Å²) >= 11 is 0. The molecular formula is C32H35ClN2O5. The second-order valence-electron chi connectivity index (χ2n) is 9.47. The lowest BCUT2D eigenvalue weighted by atomic mass is 9.85. The minimum absolute atomic E-state index is 0. The molecule has 2 aromatic carbocycles. The molecule has 0 saturated carbocycles. The summed E-state index contributed by atoms with van der Waals surface area (Å²) in [6.45, 7) is 15.0. The molecule has 0 bridgehead atoms. The number of halogens is 1. The number of hydrogen-bond acceptors (Lipinski definition) is 6. The van der Waals surface area contributed by atoms with Crippen LogP contribution < -0.4 is 15.0 Å². The number of carboxylic acid groups (broad SMARTS) is 1. The number of fused-ring (bicyclic) bond motifs is 2. The normalized spacial score (nSPS) is 10.8. The van der Waals surface area contributed by atoms with Gasteiger partial charge in [-0.05, 0) is 80.6 Å². The zero-order chi connectivity index (χ0) is 28.4. The zero-order valence-electron chi connectivity index (χ0n) is 23.5. The van der Waals surface area contributed by atoms with E-state index in [1.54, 1.807) is 18.2 Å². The molecule has 2 aromatic rings. The number of rotatable bonds is 9. The molecule has 1 heterocycles. The molecule has 2 aliphatic rings. The van der Waals surface area contributed by atoms with Crippen LogP contribution in [-0.2, 0) is 17.6 Å². The summed E-state index contributed by atoms with van der Waals surface area (Å²) < 4.78 is 11.8. The SMILES string of the molecule is C=C(C)C(=O)Oc1ccc(-c2c3c(CC)c(CC)c(=N)cc-3oc3cc(N(CC)CC)ccc23)c(C(=O)O)c1.Cl. The molecule has 1 aliphatic heterocycles. The number of carbonyl (C=O) groups excluding carboxylic acids is 1. The van der Waals surface area contributed by atoms with E-state index in [9.17, 15) is 14.7 Å². The number of benzene rings is 3. The van der Waals surface area contributed by atoms with Crippen molar-refractivity contribution in [2.24, 2.45) is 0 Å². The van der Waals surface area contributed by atoms with Crippen molar-refractivity contribution in [3.8, 4) is 28.2 Å². The average molecular weight is 563 g/mol. The maximum atomic E-state index is 12.6. The van der Waals surface area contributed by atoms with Crippen LogP contribution in [0.4, 0.5) is 5.69 Å². The van der Waals surface area contributed by atoms with Gasteiger partial charge in [-0.3, -0.25) is 0 Å². The van der Waals surface area contributed by atoms with Crippen LogP contribution in [0.1, 0.15) is 56.1 Å². The van der Waals surface area contributed by atoms with Gasteiger partial charge in [-0.25, -0.2) is 9.59 Å². The number of nitrogens with one attached hydrogen (secondary N) is 1. The lowest BCUT2D eigenvalue weighted by molar-refractivity contribution is -0.130. The first-order chi connectivity index (χ1) is 18.6. The zero-order valence-corrected chi connectivity index (χ0v) is 24.3. The molecule has 0 radical (unpaired) electrons. The number of nitrogens with zero attached hydrogens (tertiary/aromatic N) is 1. The highest BCUT2D eigenvalue weighted by Crippen LogP contribution is 2.45. The van der Waals surface area contributed by atoms with Gasteiger partial charge in [0, 0.05) is 53.0 Å². The van der Waals surface area contributed by atoms with Crippen molar-refractivity contribution < 1.29 is 23.8 Å². The lowest BCUT2D eigenvalue weighted by Crippen LogP contribution is -2.21. The second-order valence-corrected chi connectivity index (χ2v) is 9.47. The predicted octanol–water partition coefficient (Wildman–Crippen LogP) is 7.26. The van der Waals surface area contributed by atoms with E-state index in [-0.39, 0.29) is 29.3 Å². The topological polar surface area (TPSA) is 104 Å². The molecule has 0 amide bonds. The second kappa shape index (κ2) is 12.4. The van der Waals surface area contributed by atoms with Gasteiger partial charge in [0.05, 0.1) is 10.9 Å². The fraction of sp³-hybridized carbons (Fsp3) is 0.281. The summed E-state index contributed by atoms with van der Waals surface area (Å²) in [6.07, 6.45) is 1.31. The Morgan fingerprint density at radius 2 is 1.65 bits per heavy atom. The molecule has 1 aliphatic carbocycles. The van der Waals surface area contributed by atoms with E-state index >= 15 is 0 Å². The molecule has 4 rings (SSSR count). The number of esters is 1. The first kappa shape index (κ1) is 30.4. The third-order valence-electron chi connectivity index (χ3n) is 7.10. The van der Waals surface area contributed by atoms with E-state index in [4.69, 9.17) is 14.6 Å². The quantitative estimate of drug-likeness (QED) is 0.0963. The number of anilines is 1. The Kier molecular flexibility index (Phi) is 9.43. The van der Waals surface area contributed by atoms with Gasteiger partial charge in [0.25, 0.3) is 0 Å². The average Bonchev–Trinajstić information content (AvgIpc) is 2.91. The van der Waals surface area contributed by atoms with Crippen molar-refractivity contribution in [3.05, 3.63) is 76.7 Å². The molecule has 0 aromatic heterocycles. The van der Waals surface area contributed by atoms with Crippen LogP contribution in [0.3, 0.4) is 0 Å². The van der Waals surface area contributed by atoms with Gasteiger partial charge in [-0.15, -0.1) is 12.4 Å². The Morgan fingerprint density at radius 3 is 2.23 bits per heavy atom. The molecule has 210 valence electrons. The summed E-state index contributed by atoms with van der Waals surface area (Å²) in [4.78, 5) is 26.9. The Balaban J connectivity index is 0.00000441. The largest absolute Gasteiger partial charge is 0.478 e. The minimum atomic E-state index is -1.15. The van der Waals surface area contributed by atoms with E-state index in [1.807, 2.05) is 32.0 Å². The minimum Gasteiger partial charge on any atom is -0.478 e. The van der Waals surface area contributed by atoms with Gasteiger partial charge < -0.3 is 24.6 Å². The standard InChI is InChI=1S/C32H34N2O5.ClH/c1-7-21-22(8-2)30-28(17-26(21)33)39-27-15-19(34(9-3)10-4)11-13-24(27)29(30)23-14-12-20(16-25(23)31(35)36)38-32(37)18(5)6;/h11-17,33H,5,7-10H2,1-4,6H3,(H,35,36);1H. The monoisotopic (exact) mass is 562 g/mol. The van der Waals surface area contributed by atoms with Gasteiger partial charge in [0.1, 0.15) is 17.1 Å². The number of carboxylic acids is 1. The third kappa shape index (κ3) is 5.47. The number of carbonyl (C=O) groups is 2. The Hall–Kier alpha value is -4.10. The van der Waals surface area contributed by atoms with Crippen molar-refractivity contribution >= 4 is 41.0 Å². The maximum Gasteiger partial charge on any atom is 0.338 e. The van der Waals surface area contributed by atoms with Gasteiger partial charge in [-0.1, -0.05) is 20.4 Å². The smallest absolute Gasteiger partial charge is 0.338 e. The van der Waals surface area contributed by atoms with Crippen molar-refractivity contribution in [1.82, 2.24) is 0 Å². The molecule has 0 saturated heterocycles. The molecule has 0 spiro atoms. The molecular weight excluding hydrogens is 528 g/mol. The van der Waals surface area contributed by atoms with Crippen LogP contribution in [0.15, 0.2) is 59.0 Å². The summed E-state index contributed by atoms with van der Waals surface area (Å²) in [5.41, 5.74) is 5.67. The van der Waals surface area contributed by atoms with Crippen molar-refractivity contribution in [2.75, 3.05) is 18.0 Å². The van der Waals surface area contributed by atoms with Crippen molar-refractivity contribution in [3.63, 3.8) is 0 Å². The van der Waals surface area contributed by atoms with E-state index in [1.165, 1.54) is 13.0 Å². The first-order valence-electron chi connectivity index (χ1n) is 13.2. The lowest BCUT2D eigenvalue weighted by Gasteiger charge is -2.24. The molecule has 2 N–H and O–H groups in total. The van der Waals surface area contributed by atoms with Gasteiger partial charge >= 0.3 is 11.9 Å². The van der Waals surface area contributed by atoms with Crippen LogP contribution in [-0.4, -0.2) is 30.1 Å². The fourth-order valence-electron chi connectivity index (χ4n) is 5.20. The Bertz CT molecular complexity index is 1630. The highest BCUT2D eigenvalue weighted by Gasteiger charge is 2.26. The van der Waals surface area contributed by atoms with Crippen LogP contribution in [0.2, 0.25) is 0 Å². The van der Waals surface area contributed by atoms with Crippen LogP contribution in [0, 0.1) is 5.41 Å². The highest BCUT2D eigenvalue weighted by atomic mass is 35.5. The Morgan fingerprint density at radius 1 is 0.975 bits per heavy atom. The summed E-state index contributed by atoms with van der Waals surface area (Å²) in [6, 6.07) is 12.3. The maximum absolute atomic E-state index is 12.6. The van der Waals surface area contributed by atoms with Crippen molar-refractivity contribution in [1.29, 1.82) is 5.41 Å². The van der Waals surface area contributed by atoms with E-state index in [0.29, 0.717) is 35.1 Å². The van der Waals surface area contributed by atoms with Crippen LogP contribution >= 0.6 is 12.4 Å². The molecule has 7 nitrogen and oxygen atoms in total. The highest BCUT2D eigenvalue weighted by molar-refractivity contribution is 6.09. The van der Waals surface area contributed by atoms with Crippen LogP contribution in [0.5, 0.6) is 5.75 Å². The molecule has 0 atom stereocenters.